The lowest BCUT2D eigenvalue weighted by Gasteiger charge is -2.41. The van der Waals surface area contributed by atoms with Gasteiger partial charge in [-0.3, -0.25) is 4.79 Å². The van der Waals surface area contributed by atoms with Crippen LogP contribution in [-0.2, 0) is 22.5 Å². The van der Waals surface area contributed by atoms with Crippen LogP contribution in [0.2, 0.25) is 0 Å². The Kier molecular flexibility index (Phi) is 6.05. The highest BCUT2D eigenvalue weighted by molar-refractivity contribution is 9.11. The van der Waals surface area contributed by atoms with Crippen LogP contribution < -0.4 is 0 Å². The minimum absolute atomic E-state index is 0.0161. The molecule has 2 heterocycles. The zero-order valence-corrected chi connectivity index (χ0v) is 19.9. The normalized spacial score (nSPS) is 27.2. The van der Waals surface area contributed by atoms with Gasteiger partial charge >= 0.3 is 0 Å². The predicted octanol–water partition coefficient (Wildman–Crippen LogP) is 6.03. The fourth-order valence-electron chi connectivity index (χ4n) is 5.43. The van der Waals surface area contributed by atoms with Gasteiger partial charge in [-0.15, -0.1) is 0 Å². The fourth-order valence-corrected chi connectivity index (χ4v) is 5.96. The van der Waals surface area contributed by atoms with Gasteiger partial charge in [0.1, 0.15) is 0 Å². The van der Waals surface area contributed by atoms with Gasteiger partial charge in [-0.2, -0.15) is 0 Å². The maximum absolute atomic E-state index is 13.4. The van der Waals surface area contributed by atoms with Crippen molar-refractivity contribution in [1.29, 1.82) is 0 Å². The number of rotatable bonds is 5. The summed E-state index contributed by atoms with van der Waals surface area (Å²) in [6, 6.07) is 20.9. The third kappa shape index (κ3) is 4.21. The first-order valence-electron chi connectivity index (χ1n) is 11.4. The number of carbonyl (C=O) groups excluding carboxylic acids is 1. The number of hydrogen-bond donors (Lipinski definition) is 0. The number of halogens is 1. The van der Waals surface area contributed by atoms with Crippen LogP contribution in [0.15, 0.2) is 94.7 Å². The van der Waals surface area contributed by atoms with Gasteiger partial charge in [-0.1, -0.05) is 94.8 Å². The minimum Gasteiger partial charge on any atom is -0.485 e. The summed E-state index contributed by atoms with van der Waals surface area (Å²) < 4.78 is 7.58. The van der Waals surface area contributed by atoms with E-state index in [9.17, 15) is 4.79 Å². The summed E-state index contributed by atoms with van der Waals surface area (Å²) in [6.45, 7) is 3.40. The van der Waals surface area contributed by atoms with Gasteiger partial charge < -0.3 is 9.64 Å². The van der Waals surface area contributed by atoms with Gasteiger partial charge in [-0.25, -0.2) is 0 Å². The van der Waals surface area contributed by atoms with Crippen LogP contribution >= 0.6 is 15.9 Å². The molecule has 5 rings (SSSR count). The molecule has 0 fully saturated rings. The average molecular weight is 490 g/mol. The second-order valence-electron chi connectivity index (χ2n) is 9.07. The molecule has 1 amide bonds. The van der Waals surface area contributed by atoms with Gasteiger partial charge in [0.2, 0.25) is 0 Å². The molecule has 4 atom stereocenters. The molecule has 0 bridgehead atoms. The summed E-state index contributed by atoms with van der Waals surface area (Å²) in [6.07, 6.45) is 8.49. The molecule has 4 heteroatoms. The summed E-state index contributed by atoms with van der Waals surface area (Å²) in [5.41, 5.74) is 3.65. The number of benzene rings is 2. The minimum atomic E-state index is -0.0161. The fraction of sp³-hybridized carbons (Fsp3) is 0.321. The summed E-state index contributed by atoms with van der Waals surface area (Å²) in [7, 11) is 0. The smallest absolute Gasteiger partial charge is 0.289 e. The third-order valence-corrected chi connectivity index (χ3v) is 7.55. The average Bonchev–Trinajstić information content (AvgIpc) is 3.10. The molecule has 2 aromatic rings. The summed E-state index contributed by atoms with van der Waals surface area (Å²) >= 11 is 3.72. The second kappa shape index (κ2) is 9.11. The first-order valence-corrected chi connectivity index (χ1v) is 12.2. The van der Waals surface area contributed by atoms with Crippen LogP contribution in [0.1, 0.15) is 24.5 Å². The largest absolute Gasteiger partial charge is 0.485 e. The molecule has 0 spiro atoms. The lowest BCUT2D eigenvalue weighted by molar-refractivity contribution is -0.130. The molecular weight excluding hydrogens is 462 g/mol. The Morgan fingerprint density at radius 3 is 2.41 bits per heavy atom. The van der Waals surface area contributed by atoms with Gasteiger partial charge in [0, 0.05) is 24.6 Å². The lowest BCUT2D eigenvalue weighted by atomic mass is 9.69. The first-order chi connectivity index (χ1) is 15.6. The summed E-state index contributed by atoms with van der Waals surface area (Å²) in [5.74, 6) is 1.57. The maximum Gasteiger partial charge on any atom is 0.289 e. The SMILES string of the molecule is C[C@@H]1OC2=C(CN(Cc3ccccc3)C2=O)[C@@H](C2C=CC=C(Br)C2)[C@@H]1Cc1ccccc1. The molecule has 0 aromatic heterocycles. The van der Waals surface area contributed by atoms with Crippen molar-refractivity contribution >= 4 is 21.8 Å². The van der Waals surface area contributed by atoms with Crippen molar-refractivity contribution in [3.05, 3.63) is 106 Å². The topological polar surface area (TPSA) is 29.5 Å². The van der Waals surface area contributed by atoms with Crippen LogP contribution in [0.4, 0.5) is 0 Å². The van der Waals surface area contributed by atoms with E-state index in [0.717, 1.165) is 18.4 Å². The number of hydrogen-bond acceptors (Lipinski definition) is 2. The van der Waals surface area contributed by atoms with Crippen molar-refractivity contribution in [2.45, 2.75) is 32.4 Å². The zero-order valence-electron chi connectivity index (χ0n) is 18.3. The Morgan fingerprint density at radius 2 is 1.72 bits per heavy atom. The van der Waals surface area contributed by atoms with Crippen molar-refractivity contribution in [2.75, 3.05) is 6.54 Å². The van der Waals surface area contributed by atoms with Crippen LogP contribution in [0, 0.1) is 17.8 Å². The molecular formula is C28H28BrNO2. The van der Waals surface area contributed by atoms with Crippen molar-refractivity contribution in [3.63, 3.8) is 0 Å². The highest BCUT2D eigenvalue weighted by Crippen LogP contribution is 2.47. The maximum atomic E-state index is 13.4. The van der Waals surface area contributed by atoms with E-state index in [1.165, 1.54) is 15.6 Å². The van der Waals surface area contributed by atoms with E-state index < -0.39 is 0 Å². The second-order valence-corrected chi connectivity index (χ2v) is 10.1. The van der Waals surface area contributed by atoms with Crippen molar-refractivity contribution in [3.8, 4) is 0 Å². The molecule has 0 saturated heterocycles. The van der Waals surface area contributed by atoms with Crippen molar-refractivity contribution < 1.29 is 9.53 Å². The highest BCUT2D eigenvalue weighted by atomic mass is 79.9. The van der Waals surface area contributed by atoms with E-state index in [2.05, 4.69) is 83.5 Å². The van der Waals surface area contributed by atoms with Crippen LogP contribution in [-0.4, -0.2) is 23.5 Å². The highest BCUT2D eigenvalue weighted by Gasteiger charge is 2.47. The van der Waals surface area contributed by atoms with E-state index in [-0.39, 0.29) is 17.9 Å². The summed E-state index contributed by atoms with van der Waals surface area (Å²) in [5, 5.41) is 0. The quantitative estimate of drug-likeness (QED) is 0.512. The predicted molar refractivity (Wildman–Crippen MR) is 131 cm³/mol. The van der Waals surface area contributed by atoms with E-state index in [0.29, 0.717) is 30.7 Å². The molecule has 3 aliphatic rings. The summed E-state index contributed by atoms with van der Waals surface area (Å²) in [4.78, 5) is 15.3. The van der Waals surface area contributed by atoms with Gasteiger partial charge in [0.05, 0.1) is 6.10 Å². The molecule has 0 N–H and O–H groups in total. The number of ether oxygens (including phenoxy) is 1. The number of carbonyl (C=O) groups is 1. The molecule has 1 unspecified atom stereocenters. The number of allylic oxidation sites excluding steroid dienone is 4. The Morgan fingerprint density at radius 1 is 1.03 bits per heavy atom. The standard InChI is InChI=1S/C28H28BrNO2/c1-19-24(15-20-9-4-2-5-10-20)26(22-13-8-14-23(29)16-22)25-18-30(28(31)27(25)32-19)17-21-11-6-3-7-12-21/h2-14,19,22,24,26H,15-18H2,1H3/t19-,22?,24+,26-/m0/s1. The third-order valence-electron chi connectivity index (χ3n) is 6.96. The van der Waals surface area contributed by atoms with Crippen LogP contribution in [0.3, 0.4) is 0 Å². The van der Waals surface area contributed by atoms with Gasteiger partial charge in [-0.05, 0) is 47.2 Å². The Hall–Kier alpha value is -2.59. The molecule has 3 nitrogen and oxygen atoms in total. The molecule has 2 aliphatic heterocycles. The van der Waals surface area contributed by atoms with Crippen LogP contribution in [0.25, 0.3) is 0 Å². The monoisotopic (exact) mass is 489 g/mol. The van der Waals surface area contributed by atoms with Crippen molar-refractivity contribution in [2.24, 2.45) is 17.8 Å². The molecule has 0 saturated carbocycles. The molecule has 1 aliphatic carbocycles. The van der Waals surface area contributed by atoms with Crippen molar-refractivity contribution in [1.82, 2.24) is 4.90 Å². The van der Waals surface area contributed by atoms with E-state index in [1.54, 1.807) is 0 Å². The molecule has 164 valence electrons. The molecule has 2 aromatic carbocycles. The Labute approximate surface area is 198 Å². The Bertz CT molecular complexity index is 1070. The molecule has 0 radical (unpaired) electrons. The van der Waals surface area contributed by atoms with Gasteiger partial charge in [0.15, 0.2) is 5.76 Å². The first kappa shape index (κ1) is 21.3. The van der Waals surface area contributed by atoms with Gasteiger partial charge in [0.25, 0.3) is 5.91 Å². The van der Waals surface area contributed by atoms with E-state index in [4.69, 9.17) is 4.74 Å². The number of nitrogens with zero attached hydrogens (tertiary/aromatic N) is 1. The van der Waals surface area contributed by atoms with Crippen LogP contribution in [0.5, 0.6) is 0 Å². The Balaban J connectivity index is 1.47. The number of amides is 1. The zero-order chi connectivity index (χ0) is 22.1. The van der Waals surface area contributed by atoms with E-state index >= 15 is 0 Å². The molecule has 32 heavy (non-hydrogen) atoms. The lowest BCUT2D eigenvalue weighted by Crippen LogP contribution is -2.39. The van der Waals surface area contributed by atoms with E-state index in [1.807, 2.05) is 23.1 Å².